The lowest BCUT2D eigenvalue weighted by Gasteiger charge is -2.48. The number of hydrogen-bond acceptors (Lipinski definition) is 5. The average Bonchev–Trinajstić information content (AvgIpc) is 2.87. The van der Waals surface area contributed by atoms with Crippen LogP contribution in [0.5, 0.6) is 0 Å². The van der Waals surface area contributed by atoms with Crippen LogP contribution in [-0.4, -0.2) is 54.5 Å². The van der Waals surface area contributed by atoms with E-state index in [1.54, 1.807) is 24.3 Å². The summed E-state index contributed by atoms with van der Waals surface area (Å²) < 4.78 is 46.5. The molecule has 4 atom stereocenters. The van der Waals surface area contributed by atoms with Crippen molar-refractivity contribution in [2.45, 2.75) is 88.4 Å². The molecule has 0 bridgehead atoms. The molecule has 38 heavy (non-hydrogen) atoms. The van der Waals surface area contributed by atoms with Crippen molar-refractivity contribution in [1.29, 1.82) is 0 Å². The summed E-state index contributed by atoms with van der Waals surface area (Å²) in [6, 6.07) is 9.97. The number of benzene rings is 1. The van der Waals surface area contributed by atoms with Crippen molar-refractivity contribution in [1.82, 2.24) is 0 Å². The Kier molecular flexibility index (Phi) is 11.0. The second-order valence-electron chi connectivity index (χ2n) is 12.1. The predicted molar refractivity (Wildman–Crippen MR) is 157 cm³/mol. The summed E-state index contributed by atoms with van der Waals surface area (Å²) in [5, 5.41) is -0.630. The van der Waals surface area contributed by atoms with Crippen LogP contribution in [0.25, 0.3) is 0 Å². The molecule has 0 fully saturated rings. The summed E-state index contributed by atoms with van der Waals surface area (Å²) in [5.74, 6) is 6.31. The second-order valence-corrected chi connectivity index (χ2v) is 19.9. The van der Waals surface area contributed by atoms with Crippen molar-refractivity contribution >= 4 is 17.9 Å². The zero-order chi connectivity index (χ0) is 27.8. The maximum atomic E-state index is 14.3. The number of allylic oxidation sites excluding steroid dienone is 2. The third-order valence-corrected chi connectivity index (χ3v) is 12.0. The molecule has 1 aromatic carbocycles. The van der Waals surface area contributed by atoms with E-state index in [1.165, 1.54) is 0 Å². The fourth-order valence-corrected chi connectivity index (χ4v) is 8.47. The molecule has 3 rings (SSSR count). The molecule has 0 unspecified atom stereocenters. The summed E-state index contributed by atoms with van der Waals surface area (Å²) in [6.07, 6.45) is 6.82. The molecular weight excluding hydrogens is 512 g/mol. The first kappa shape index (κ1) is 30.8. The van der Waals surface area contributed by atoms with E-state index in [4.69, 9.17) is 14.2 Å². The number of hydrogen-bond donors (Lipinski definition) is 0. The van der Waals surface area contributed by atoms with Crippen molar-refractivity contribution in [2.75, 3.05) is 26.6 Å². The van der Waals surface area contributed by atoms with Gasteiger partial charge in [-0.15, -0.1) is 5.92 Å². The van der Waals surface area contributed by atoms with Crippen LogP contribution in [0, 0.1) is 23.2 Å². The monoisotopic (exact) mass is 558 g/mol. The summed E-state index contributed by atoms with van der Waals surface area (Å²) in [7, 11) is -4.80. The summed E-state index contributed by atoms with van der Waals surface area (Å²) in [5.41, 5.74) is 1.42. The van der Waals surface area contributed by atoms with Gasteiger partial charge in [-0.25, -0.2) is 8.42 Å². The molecule has 7 heteroatoms. The van der Waals surface area contributed by atoms with Gasteiger partial charge >= 0.3 is 0 Å². The van der Waals surface area contributed by atoms with Crippen molar-refractivity contribution in [3.63, 3.8) is 0 Å². The van der Waals surface area contributed by atoms with E-state index in [-0.39, 0.29) is 18.8 Å². The Balaban J connectivity index is 1.96. The normalized spacial score (nSPS) is 28.7. The molecule has 0 radical (unpaired) electrons. The lowest BCUT2D eigenvalue weighted by Crippen LogP contribution is -2.49. The Morgan fingerprint density at radius 2 is 1.89 bits per heavy atom. The minimum atomic E-state index is -3.64. The SMILES string of the molecule is C/C1=C\CCC#CCOCC2=C[C@@H](OCOCC[Si](C)(C)C)C[C@@H](C)[C@]2(C)[C@@H](S(=O)(=O)c2ccccc2)C1. The Morgan fingerprint density at radius 1 is 1.16 bits per heavy atom. The van der Waals surface area contributed by atoms with Gasteiger partial charge in [0.25, 0.3) is 0 Å². The highest BCUT2D eigenvalue weighted by Gasteiger charge is 2.51. The molecule has 0 saturated heterocycles. The standard InChI is InChI=1S/C31H46O5SSi/c1-25-14-10-7-8-13-17-34-23-27-22-28(36-24-35-18-19-38(4,5)6)21-26(2)31(27,3)30(20-25)37(32,33)29-15-11-9-12-16-29/h9,11-12,14-16,22,26,28,30H,7,10,17-21,23-24H2,1-6H3/b25-14+/t26-,28+,30+,31+/m1/s1. The van der Waals surface area contributed by atoms with Gasteiger partial charge in [0.1, 0.15) is 13.4 Å². The zero-order valence-corrected chi connectivity index (χ0v) is 25.9. The molecule has 0 saturated carbocycles. The fraction of sp³-hybridized carbons (Fsp3) is 0.613. The second kappa shape index (κ2) is 13.6. The minimum Gasteiger partial charge on any atom is -0.364 e. The first-order valence-corrected chi connectivity index (χ1v) is 19.1. The van der Waals surface area contributed by atoms with E-state index in [1.807, 2.05) is 13.0 Å². The van der Waals surface area contributed by atoms with Crippen LogP contribution < -0.4 is 0 Å². The van der Waals surface area contributed by atoms with Gasteiger partial charge in [0.05, 0.1) is 22.9 Å². The number of sulfone groups is 1. The van der Waals surface area contributed by atoms with Crippen LogP contribution in [0.4, 0.5) is 0 Å². The molecule has 0 N–H and O–H groups in total. The van der Waals surface area contributed by atoms with Crippen molar-refractivity contribution < 1.29 is 22.6 Å². The van der Waals surface area contributed by atoms with Crippen LogP contribution in [0.2, 0.25) is 25.7 Å². The molecule has 1 aromatic rings. The van der Waals surface area contributed by atoms with Gasteiger partial charge in [0, 0.05) is 26.5 Å². The van der Waals surface area contributed by atoms with Crippen LogP contribution in [-0.2, 0) is 24.0 Å². The van der Waals surface area contributed by atoms with Gasteiger partial charge < -0.3 is 14.2 Å². The molecule has 1 aliphatic heterocycles. The van der Waals surface area contributed by atoms with E-state index >= 15 is 0 Å². The first-order chi connectivity index (χ1) is 17.9. The van der Waals surface area contributed by atoms with E-state index in [0.29, 0.717) is 31.1 Å². The minimum absolute atomic E-state index is 0.0468. The number of rotatable bonds is 8. The third kappa shape index (κ3) is 8.16. The molecule has 0 amide bonds. The lowest BCUT2D eigenvalue weighted by molar-refractivity contribution is -0.0845. The van der Waals surface area contributed by atoms with E-state index < -0.39 is 28.6 Å². The zero-order valence-electron chi connectivity index (χ0n) is 24.1. The Bertz CT molecular complexity index is 1140. The van der Waals surface area contributed by atoms with Crippen molar-refractivity contribution in [3.8, 4) is 11.8 Å². The largest absolute Gasteiger partial charge is 0.364 e. The fourth-order valence-electron chi connectivity index (χ4n) is 5.33. The van der Waals surface area contributed by atoms with Crippen LogP contribution >= 0.6 is 0 Å². The maximum absolute atomic E-state index is 14.3. The van der Waals surface area contributed by atoms with Gasteiger partial charge in [-0.1, -0.05) is 75.3 Å². The van der Waals surface area contributed by atoms with Crippen LogP contribution in [0.3, 0.4) is 0 Å². The van der Waals surface area contributed by atoms with Crippen molar-refractivity contribution in [2.24, 2.45) is 11.3 Å². The van der Waals surface area contributed by atoms with Gasteiger partial charge in [-0.05, 0) is 55.9 Å². The van der Waals surface area contributed by atoms with Crippen LogP contribution in [0.15, 0.2) is 58.5 Å². The highest BCUT2D eigenvalue weighted by molar-refractivity contribution is 7.92. The quantitative estimate of drug-likeness (QED) is 0.118. The molecule has 1 aliphatic carbocycles. The lowest BCUT2D eigenvalue weighted by atomic mass is 9.63. The summed E-state index contributed by atoms with van der Waals surface area (Å²) >= 11 is 0. The summed E-state index contributed by atoms with van der Waals surface area (Å²) in [4.78, 5) is 0.369. The average molecular weight is 559 g/mol. The summed E-state index contributed by atoms with van der Waals surface area (Å²) in [6.45, 7) is 14.9. The third-order valence-electron chi connectivity index (χ3n) is 7.99. The maximum Gasteiger partial charge on any atom is 0.182 e. The topological polar surface area (TPSA) is 61.8 Å². The molecular formula is C31H46O5SSi. The van der Waals surface area contributed by atoms with Crippen molar-refractivity contribution in [3.05, 3.63) is 53.6 Å². The van der Waals surface area contributed by atoms with E-state index in [0.717, 1.165) is 36.5 Å². The Morgan fingerprint density at radius 3 is 2.61 bits per heavy atom. The predicted octanol–water partition coefficient (Wildman–Crippen LogP) is 6.65. The number of fused-ring (bicyclic) bond motifs is 1. The number of ether oxygens (including phenoxy) is 3. The molecule has 210 valence electrons. The van der Waals surface area contributed by atoms with Crippen LogP contribution in [0.1, 0.15) is 46.5 Å². The molecule has 5 nitrogen and oxygen atoms in total. The van der Waals surface area contributed by atoms with Gasteiger partial charge in [-0.3, -0.25) is 0 Å². The molecule has 2 aliphatic rings. The Hall–Kier alpha value is -1.69. The molecule has 0 spiro atoms. The first-order valence-electron chi connectivity index (χ1n) is 13.8. The highest BCUT2D eigenvalue weighted by atomic mass is 32.2. The van der Waals surface area contributed by atoms with Gasteiger partial charge in [-0.2, -0.15) is 0 Å². The molecule has 0 aromatic heterocycles. The Labute approximate surface area is 232 Å². The van der Waals surface area contributed by atoms with E-state index in [2.05, 4.69) is 57.5 Å². The molecule has 1 heterocycles. The van der Waals surface area contributed by atoms with Gasteiger partial charge in [0.2, 0.25) is 0 Å². The highest BCUT2D eigenvalue weighted by Crippen LogP contribution is 2.50. The van der Waals surface area contributed by atoms with Gasteiger partial charge in [0.15, 0.2) is 9.84 Å². The van der Waals surface area contributed by atoms with E-state index in [9.17, 15) is 8.42 Å². The smallest absolute Gasteiger partial charge is 0.182 e.